The number of aliphatic hydroxyl groups excluding tert-OH is 2. The molecule has 2 nitrogen and oxygen atoms in total. The fourth-order valence-corrected chi connectivity index (χ4v) is 0.703. The summed E-state index contributed by atoms with van der Waals surface area (Å²) in [7, 11) is 0. The van der Waals surface area contributed by atoms with Crippen LogP contribution in [0.4, 0.5) is 0 Å². The highest BCUT2D eigenvalue weighted by Gasteiger charge is 2.07. The molecule has 0 bridgehead atoms. The SMILES string of the molecule is CCC(O)C(O)I. The first-order valence-corrected chi connectivity index (χ1v) is 3.43. The first-order valence-electron chi connectivity index (χ1n) is 2.18. The molecule has 2 unspecified atom stereocenters. The predicted molar refractivity (Wildman–Crippen MR) is 36.3 cm³/mol. The minimum Gasteiger partial charge on any atom is -0.390 e. The van der Waals surface area contributed by atoms with Gasteiger partial charge in [-0.1, -0.05) is 6.92 Å². The van der Waals surface area contributed by atoms with Crippen LogP contribution in [0.2, 0.25) is 0 Å². The Hall–Kier alpha value is 0.650. The van der Waals surface area contributed by atoms with Crippen LogP contribution >= 0.6 is 22.6 Å². The second-order valence-electron chi connectivity index (χ2n) is 1.35. The second kappa shape index (κ2) is 3.63. The average Bonchev–Trinajstić information content (AvgIpc) is 1.65. The summed E-state index contributed by atoms with van der Waals surface area (Å²) in [5.41, 5.74) is 0. The van der Waals surface area contributed by atoms with Crippen LogP contribution in [-0.4, -0.2) is 20.4 Å². The number of alkyl halides is 1. The van der Waals surface area contributed by atoms with Gasteiger partial charge in [0.05, 0.1) is 6.10 Å². The molecule has 0 aromatic carbocycles. The summed E-state index contributed by atoms with van der Waals surface area (Å²) in [5.74, 6) is 0. The maximum Gasteiger partial charge on any atom is 0.131 e. The number of rotatable bonds is 2. The van der Waals surface area contributed by atoms with Gasteiger partial charge >= 0.3 is 0 Å². The van der Waals surface area contributed by atoms with Crippen molar-refractivity contribution < 1.29 is 10.2 Å². The summed E-state index contributed by atoms with van der Waals surface area (Å²) in [4.78, 5) is 0. The number of hydrogen-bond donors (Lipinski definition) is 2. The normalized spacial score (nSPS) is 18.9. The standard InChI is InChI=1S/C4H9IO2/c1-2-3(6)4(5)7/h3-4,6-7H,2H2,1H3. The van der Waals surface area contributed by atoms with E-state index in [1.807, 2.05) is 6.92 Å². The van der Waals surface area contributed by atoms with Crippen molar-refractivity contribution in [3.05, 3.63) is 0 Å². The quantitative estimate of drug-likeness (QED) is 0.521. The molecule has 0 saturated carbocycles. The zero-order chi connectivity index (χ0) is 5.86. The number of halogens is 1. The molecule has 2 N–H and O–H groups in total. The van der Waals surface area contributed by atoms with E-state index in [4.69, 9.17) is 10.2 Å². The summed E-state index contributed by atoms with van der Waals surface area (Å²) in [5, 5.41) is 17.2. The van der Waals surface area contributed by atoms with Gasteiger partial charge in [-0.25, -0.2) is 0 Å². The average molecular weight is 216 g/mol. The van der Waals surface area contributed by atoms with Crippen molar-refractivity contribution in [3.63, 3.8) is 0 Å². The summed E-state index contributed by atoms with van der Waals surface area (Å²) in [6.45, 7) is 1.83. The van der Waals surface area contributed by atoms with E-state index in [0.29, 0.717) is 6.42 Å². The Morgan fingerprint density at radius 1 is 1.57 bits per heavy atom. The van der Waals surface area contributed by atoms with Crippen LogP contribution in [0.1, 0.15) is 13.3 Å². The molecule has 3 heteroatoms. The maximum absolute atomic E-state index is 8.68. The van der Waals surface area contributed by atoms with Crippen LogP contribution in [0.15, 0.2) is 0 Å². The minimum atomic E-state index is -0.609. The van der Waals surface area contributed by atoms with Gasteiger partial charge in [-0.15, -0.1) is 0 Å². The van der Waals surface area contributed by atoms with Gasteiger partial charge in [0.1, 0.15) is 4.11 Å². The number of hydrogen-bond acceptors (Lipinski definition) is 2. The van der Waals surface area contributed by atoms with Crippen molar-refractivity contribution in [3.8, 4) is 0 Å². The molecule has 0 radical (unpaired) electrons. The van der Waals surface area contributed by atoms with E-state index in [1.165, 1.54) is 0 Å². The Bertz CT molecular complexity index is 47.0. The molecule has 0 heterocycles. The molecular weight excluding hydrogens is 207 g/mol. The first kappa shape index (κ1) is 7.65. The highest BCUT2D eigenvalue weighted by atomic mass is 127. The molecule has 0 spiro atoms. The summed E-state index contributed by atoms with van der Waals surface area (Å²) >= 11 is 1.77. The van der Waals surface area contributed by atoms with E-state index in [0.717, 1.165) is 0 Å². The zero-order valence-corrected chi connectivity index (χ0v) is 6.29. The topological polar surface area (TPSA) is 40.5 Å². The van der Waals surface area contributed by atoms with Crippen molar-refractivity contribution in [1.82, 2.24) is 0 Å². The lowest BCUT2D eigenvalue weighted by molar-refractivity contribution is 0.0804. The van der Waals surface area contributed by atoms with E-state index in [-0.39, 0.29) is 0 Å². The lowest BCUT2D eigenvalue weighted by Crippen LogP contribution is -2.17. The fourth-order valence-electron chi connectivity index (χ4n) is 0.194. The van der Waals surface area contributed by atoms with E-state index >= 15 is 0 Å². The highest BCUT2D eigenvalue weighted by Crippen LogP contribution is 2.04. The van der Waals surface area contributed by atoms with Crippen molar-refractivity contribution >= 4 is 22.6 Å². The van der Waals surface area contributed by atoms with Crippen molar-refractivity contribution in [2.45, 2.75) is 23.6 Å². The van der Waals surface area contributed by atoms with E-state index < -0.39 is 10.2 Å². The van der Waals surface area contributed by atoms with Crippen molar-refractivity contribution in [1.29, 1.82) is 0 Å². The first-order chi connectivity index (χ1) is 3.18. The molecule has 0 aliphatic heterocycles. The molecule has 0 fully saturated rings. The lowest BCUT2D eigenvalue weighted by Gasteiger charge is -2.06. The van der Waals surface area contributed by atoms with Gasteiger partial charge in [0.15, 0.2) is 0 Å². The lowest BCUT2D eigenvalue weighted by atomic mass is 10.3. The van der Waals surface area contributed by atoms with Gasteiger partial charge in [0, 0.05) is 0 Å². The Kier molecular flexibility index (Phi) is 3.96. The van der Waals surface area contributed by atoms with E-state index in [1.54, 1.807) is 22.6 Å². The third kappa shape index (κ3) is 3.25. The third-order valence-electron chi connectivity index (χ3n) is 0.736. The Morgan fingerprint density at radius 3 is 2.00 bits per heavy atom. The van der Waals surface area contributed by atoms with Gasteiger partial charge in [-0.2, -0.15) is 0 Å². The smallest absolute Gasteiger partial charge is 0.131 e. The molecule has 0 aromatic rings. The van der Waals surface area contributed by atoms with Gasteiger partial charge in [-0.05, 0) is 29.0 Å². The van der Waals surface area contributed by atoms with Crippen LogP contribution < -0.4 is 0 Å². The van der Waals surface area contributed by atoms with E-state index in [9.17, 15) is 0 Å². The highest BCUT2D eigenvalue weighted by molar-refractivity contribution is 14.1. The number of aliphatic hydroxyl groups is 2. The van der Waals surface area contributed by atoms with E-state index in [2.05, 4.69) is 0 Å². The van der Waals surface area contributed by atoms with Gasteiger partial charge in [-0.3, -0.25) is 0 Å². The molecule has 2 atom stereocenters. The van der Waals surface area contributed by atoms with Crippen molar-refractivity contribution in [2.75, 3.05) is 0 Å². The van der Waals surface area contributed by atoms with Crippen LogP contribution in [-0.2, 0) is 0 Å². The molecule has 0 aliphatic carbocycles. The Morgan fingerprint density at radius 2 is 2.00 bits per heavy atom. The Labute approximate surface area is 56.7 Å². The van der Waals surface area contributed by atoms with Gasteiger partial charge in [0.2, 0.25) is 0 Å². The van der Waals surface area contributed by atoms with Crippen LogP contribution in [0.5, 0.6) is 0 Å². The summed E-state index contributed by atoms with van der Waals surface area (Å²) in [6, 6.07) is 0. The van der Waals surface area contributed by atoms with Gasteiger partial charge < -0.3 is 10.2 Å². The molecule has 0 amide bonds. The molecule has 7 heavy (non-hydrogen) atoms. The monoisotopic (exact) mass is 216 g/mol. The molecule has 0 saturated heterocycles. The molecular formula is C4H9IO2. The molecule has 0 aromatic heterocycles. The predicted octanol–water partition coefficient (Wildman–Crippen LogP) is 0.511. The van der Waals surface area contributed by atoms with Crippen LogP contribution in [0, 0.1) is 0 Å². The van der Waals surface area contributed by atoms with Gasteiger partial charge in [0.25, 0.3) is 0 Å². The second-order valence-corrected chi connectivity index (χ2v) is 2.62. The Balaban J connectivity index is 3.14. The summed E-state index contributed by atoms with van der Waals surface area (Å²) in [6.07, 6.45) is 0.0602. The summed E-state index contributed by atoms with van der Waals surface area (Å²) < 4.78 is -0.609. The third-order valence-corrected chi connectivity index (χ3v) is 1.57. The largest absolute Gasteiger partial charge is 0.390 e. The maximum atomic E-state index is 8.68. The van der Waals surface area contributed by atoms with Crippen molar-refractivity contribution in [2.24, 2.45) is 0 Å². The van der Waals surface area contributed by atoms with Crippen LogP contribution in [0.25, 0.3) is 0 Å². The molecule has 0 rings (SSSR count). The minimum absolute atomic E-state index is 0.555. The zero-order valence-electron chi connectivity index (χ0n) is 4.13. The van der Waals surface area contributed by atoms with Crippen LogP contribution in [0.3, 0.4) is 0 Å². The fraction of sp³-hybridized carbons (Fsp3) is 1.00. The molecule has 44 valence electrons. The molecule has 0 aliphatic rings.